The van der Waals surface area contributed by atoms with E-state index in [0.717, 1.165) is 0 Å². The summed E-state index contributed by atoms with van der Waals surface area (Å²) in [5.41, 5.74) is 3.55. The molecule has 3 nitrogen and oxygen atoms in total. The molecule has 1 amide bonds. The molecule has 2 aromatic rings. The molecule has 0 radical (unpaired) electrons. The number of carbonyl (C=O) groups excluding carboxylic acids is 1. The number of hydrogen-bond acceptors (Lipinski definition) is 2. The molecule has 132 valence electrons. The Morgan fingerprint density at radius 2 is 1.76 bits per heavy atom. The van der Waals surface area contributed by atoms with Crippen LogP contribution in [-0.2, 0) is 0 Å². The first kappa shape index (κ1) is 17.6. The standard InChI is InChI=1S/C21H25FN2O/c1-14-5-7-16(8-6-14)18-12-24(13-20(18)23(3)4)21(25)17-9-10-19(22)15(2)11-17/h5-11,18,20H,12-13H2,1-4H3/t18-,20+/m0/s1. The van der Waals surface area contributed by atoms with Gasteiger partial charge in [0.25, 0.3) is 5.91 Å². The van der Waals surface area contributed by atoms with E-state index in [0.29, 0.717) is 24.2 Å². The summed E-state index contributed by atoms with van der Waals surface area (Å²) < 4.78 is 13.5. The van der Waals surface area contributed by atoms with Crippen LogP contribution in [0.1, 0.15) is 33.0 Å². The van der Waals surface area contributed by atoms with Gasteiger partial charge in [-0.25, -0.2) is 4.39 Å². The van der Waals surface area contributed by atoms with Crippen LogP contribution in [0.2, 0.25) is 0 Å². The molecule has 0 N–H and O–H groups in total. The Bertz CT molecular complexity index is 770. The highest BCUT2D eigenvalue weighted by atomic mass is 19.1. The lowest BCUT2D eigenvalue weighted by Gasteiger charge is -2.25. The van der Waals surface area contributed by atoms with Crippen molar-refractivity contribution in [1.82, 2.24) is 9.80 Å². The van der Waals surface area contributed by atoms with Gasteiger partial charge >= 0.3 is 0 Å². The van der Waals surface area contributed by atoms with E-state index < -0.39 is 0 Å². The van der Waals surface area contributed by atoms with Gasteiger partial charge in [-0.05, 0) is 57.3 Å². The first-order valence-corrected chi connectivity index (χ1v) is 8.65. The van der Waals surface area contributed by atoms with Gasteiger partial charge in [0.2, 0.25) is 0 Å². The Morgan fingerprint density at radius 1 is 1.08 bits per heavy atom. The first-order chi connectivity index (χ1) is 11.9. The van der Waals surface area contributed by atoms with Crippen molar-refractivity contribution in [1.29, 1.82) is 0 Å². The van der Waals surface area contributed by atoms with Gasteiger partial charge in [0.05, 0.1) is 0 Å². The predicted molar refractivity (Wildman–Crippen MR) is 98.4 cm³/mol. The molecule has 0 aliphatic carbocycles. The van der Waals surface area contributed by atoms with Gasteiger partial charge in [-0.1, -0.05) is 29.8 Å². The minimum atomic E-state index is -0.276. The third-order valence-electron chi connectivity index (χ3n) is 5.15. The summed E-state index contributed by atoms with van der Waals surface area (Å²) in [6, 6.07) is 13.4. The van der Waals surface area contributed by atoms with Crippen LogP contribution in [0.4, 0.5) is 4.39 Å². The third kappa shape index (κ3) is 3.59. The van der Waals surface area contributed by atoms with Crippen molar-refractivity contribution in [3.8, 4) is 0 Å². The fourth-order valence-electron chi connectivity index (χ4n) is 3.58. The van der Waals surface area contributed by atoms with Crippen molar-refractivity contribution in [2.24, 2.45) is 0 Å². The maximum atomic E-state index is 13.5. The lowest BCUT2D eigenvalue weighted by Crippen LogP contribution is -2.35. The van der Waals surface area contributed by atoms with E-state index in [2.05, 4.69) is 50.2 Å². The summed E-state index contributed by atoms with van der Waals surface area (Å²) in [4.78, 5) is 17.0. The molecule has 2 atom stereocenters. The van der Waals surface area contributed by atoms with Gasteiger partial charge in [-0.15, -0.1) is 0 Å². The molecule has 1 saturated heterocycles. The van der Waals surface area contributed by atoms with Gasteiger partial charge < -0.3 is 9.80 Å². The number of amides is 1. The number of hydrogen-bond donors (Lipinski definition) is 0. The normalized spacial score (nSPS) is 20.3. The van der Waals surface area contributed by atoms with Crippen LogP contribution in [0.3, 0.4) is 0 Å². The number of benzene rings is 2. The summed E-state index contributed by atoms with van der Waals surface area (Å²) >= 11 is 0. The minimum absolute atomic E-state index is 0.0236. The Labute approximate surface area is 149 Å². The Hall–Kier alpha value is -2.20. The fraction of sp³-hybridized carbons (Fsp3) is 0.381. The first-order valence-electron chi connectivity index (χ1n) is 8.65. The molecular formula is C21H25FN2O. The molecule has 0 spiro atoms. The summed E-state index contributed by atoms with van der Waals surface area (Å²) in [5.74, 6) is -0.0210. The zero-order chi connectivity index (χ0) is 18.1. The number of rotatable bonds is 3. The Kier molecular flexibility index (Phi) is 4.91. The van der Waals surface area contributed by atoms with Crippen LogP contribution in [-0.4, -0.2) is 48.9 Å². The predicted octanol–water partition coefficient (Wildman–Crippen LogP) is 3.61. The Morgan fingerprint density at radius 3 is 2.36 bits per heavy atom. The van der Waals surface area contributed by atoms with E-state index in [1.807, 2.05) is 4.90 Å². The minimum Gasteiger partial charge on any atom is -0.336 e. The summed E-state index contributed by atoms with van der Waals surface area (Å²) in [5, 5.41) is 0. The van der Waals surface area contributed by atoms with E-state index in [-0.39, 0.29) is 23.7 Å². The second-order valence-corrected chi connectivity index (χ2v) is 7.22. The third-order valence-corrected chi connectivity index (χ3v) is 5.15. The van der Waals surface area contributed by atoms with Gasteiger partial charge in [-0.2, -0.15) is 0 Å². The van der Waals surface area contributed by atoms with Crippen molar-refractivity contribution in [3.05, 3.63) is 70.5 Å². The molecule has 1 aliphatic heterocycles. The van der Waals surface area contributed by atoms with Gasteiger partial charge in [0.15, 0.2) is 0 Å². The van der Waals surface area contributed by atoms with E-state index in [1.165, 1.54) is 17.2 Å². The van der Waals surface area contributed by atoms with Crippen molar-refractivity contribution >= 4 is 5.91 Å². The van der Waals surface area contributed by atoms with Crippen LogP contribution in [0.15, 0.2) is 42.5 Å². The van der Waals surface area contributed by atoms with Gasteiger partial charge in [0.1, 0.15) is 5.82 Å². The van der Waals surface area contributed by atoms with Crippen LogP contribution in [0, 0.1) is 19.7 Å². The van der Waals surface area contributed by atoms with Crippen molar-refractivity contribution in [2.45, 2.75) is 25.8 Å². The molecule has 4 heteroatoms. The molecule has 1 aliphatic rings. The quantitative estimate of drug-likeness (QED) is 0.852. The monoisotopic (exact) mass is 340 g/mol. The molecule has 25 heavy (non-hydrogen) atoms. The largest absolute Gasteiger partial charge is 0.336 e. The molecule has 2 aromatic carbocycles. The SMILES string of the molecule is Cc1ccc([C@@H]2CN(C(=O)c3ccc(F)c(C)c3)C[C@H]2N(C)C)cc1. The highest BCUT2D eigenvalue weighted by molar-refractivity contribution is 5.94. The van der Waals surface area contributed by atoms with Crippen molar-refractivity contribution in [2.75, 3.05) is 27.2 Å². The van der Waals surface area contributed by atoms with E-state index in [9.17, 15) is 9.18 Å². The summed E-state index contributed by atoms with van der Waals surface area (Å²) in [7, 11) is 4.11. The van der Waals surface area contributed by atoms with E-state index in [4.69, 9.17) is 0 Å². The Balaban J connectivity index is 1.85. The number of carbonyl (C=O) groups is 1. The van der Waals surface area contributed by atoms with E-state index >= 15 is 0 Å². The number of halogens is 1. The smallest absolute Gasteiger partial charge is 0.253 e. The molecule has 3 rings (SSSR count). The number of likely N-dealkylation sites (tertiary alicyclic amines) is 1. The molecule has 0 saturated carbocycles. The van der Waals surface area contributed by atoms with Crippen LogP contribution >= 0.6 is 0 Å². The molecule has 0 bridgehead atoms. The number of likely N-dealkylation sites (N-methyl/N-ethyl adjacent to an activating group) is 1. The van der Waals surface area contributed by atoms with Crippen LogP contribution in [0.5, 0.6) is 0 Å². The number of nitrogens with zero attached hydrogens (tertiary/aromatic N) is 2. The molecule has 1 fully saturated rings. The number of aryl methyl sites for hydroxylation is 2. The van der Waals surface area contributed by atoms with Crippen LogP contribution < -0.4 is 0 Å². The van der Waals surface area contributed by atoms with Crippen LogP contribution in [0.25, 0.3) is 0 Å². The second kappa shape index (κ2) is 6.96. The van der Waals surface area contributed by atoms with Crippen molar-refractivity contribution < 1.29 is 9.18 Å². The maximum Gasteiger partial charge on any atom is 0.253 e. The molecule has 0 aromatic heterocycles. The fourth-order valence-corrected chi connectivity index (χ4v) is 3.58. The average molecular weight is 340 g/mol. The van der Waals surface area contributed by atoms with Gasteiger partial charge in [0, 0.05) is 30.6 Å². The van der Waals surface area contributed by atoms with Gasteiger partial charge in [-0.3, -0.25) is 4.79 Å². The molecule has 1 heterocycles. The van der Waals surface area contributed by atoms with Crippen molar-refractivity contribution in [3.63, 3.8) is 0 Å². The summed E-state index contributed by atoms with van der Waals surface area (Å²) in [6.07, 6.45) is 0. The molecular weight excluding hydrogens is 315 g/mol. The average Bonchev–Trinajstić information content (AvgIpc) is 3.03. The molecule has 0 unspecified atom stereocenters. The topological polar surface area (TPSA) is 23.6 Å². The maximum absolute atomic E-state index is 13.5. The zero-order valence-electron chi connectivity index (χ0n) is 15.3. The lowest BCUT2D eigenvalue weighted by molar-refractivity contribution is 0.0782. The highest BCUT2D eigenvalue weighted by Gasteiger charge is 2.37. The highest BCUT2D eigenvalue weighted by Crippen LogP contribution is 2.31. The lowest BCUT2D eigenvalue weighted by atomic mass is 9.93. The second-order valence-electron chi connectivity index (χ2n) is 7.22. The summed E-state index contributed by atoms with van der Waals surface area (Å²) in [6.45, 7) is 5.13. The van der Waals surface area contributed by atoms with E-state index in [1.54, 1.807) is 19.1 Å². The zero-order valence-corrected chi connectivity index (χ0v) is 15.3.